The summed E-state index contributed by atoms with van der Waals surface area (Å²) in [4.78, 5) is 19.9. The van der Waals surface area contributed by atoms with Gasteiger partial charge in [-0.1, -0.05) is 0 Å². The molecule has 3 aromatic heterocycles. The first-order valence-corrected chi connectivity index (χ1v) is 11.6. The number of alkyl halides is 1. The Morgan fingerprint density at radius 3 is 2.62 bits per heavy atom. The number of nitrogens with one attached hydrogen (secondary N) is 2. The maximum atomic E-state index is 14.3. The summed E-state index contributed by atoms with van der Waals surface area (Å²) in [6.07, 6.45) is 13.3. The number of hydrogen-bond donors (Lipinski definition) is 2. The molecular formula is C23H26FN7O. The third-order valence-electron chi connectivity index (χ3n) is 8.11. The summed E-state index contributed by atoms with van der Waals surface area (Å²) in [5, 5.41) is 15.5. The predicted molar refractivity (Wildman–Crippen MR) is 117 cm³/mol. The second-order valence-electron chi connectivity index (χ2n) is 10.5. The Kier molecular flexibility index (Phi) is 3.53. The highest BCUT2D eigenvalue weighted by atomic mass is 19.1. The molecule has 0 unspecified atom stereocenters. The maximum Gasteiger partial charge on any atom is 0.322 e. The van der Waals surface area contributed by atoms with Crippen LogP contribution in [0.25, 0.3) is 22.3 Å². The van der Waals surface area contributed by atoms with E-state index in [2.05, 4.69) is 30.5 Å². The van der Waals surface area contributed by atoms with E-state index in [1.54, 1.807) is 23.3 Å². The van der Waals surface area contributed by atoms with Crippen LogP contribution in [0.2, 0.25) is 0 Å². The number of halogens is 1. The van der Waals surface area contributed by atoms with E-state index in [1.807, 2.05) is 6.07 Å². The number of aromatic nitrogens is 5. The lowest BCUT2D eigenvalue weighted by Gasteiger charge is -2.40. The van der Waals surface area contributed by atoms with Gasteiger partial charge in [0, 0.05) is 23.7 Å². The fourth-order valence-electron chi connectivity index (χ4n) is 5.31. The molecule has 4 fully saturated rings. The highest BCUT2D eigenvalue weighted by Crippen LogP contribution is 2.60. The van der Waals surface area contributed by atoms with Gasteiger partial charge in [0.15, 0.2) is 0 Å². The van der Waals surface area contributed by atoms with Gasteiger partial charge < -0.3 is 10.2 Å². The van der Waals surface area contributed by atoms with E-state index >= 15 is 0 Å². The zero-order valence-electron chi connectivity index (χ0n) is 17.9. The molecular weight excluding hydrogens is 409 g/mol. The third kappa shape index (κ3) is 2.93. The van der Waals surface area contributed by atoms with Crippen molar-refractivity contribution in [2.45, 2.75) is 69.1 Å². The van der Waals surface area contributed by atoms with Crippen LogP contribution in [0, 0.1) is 5.41 Å². The number of nitrogens with zero attached hydrogens (tertiary/aromatic N) is 5. The summed E-state index contributed by atoms with van der Waals surface area (Å²) in [5.74, 6) is 0. The average molecular weight is 436 g/mol. The van der Waals surface area contributed by atoms with Crippen LogP contribution in [0.3, 0.4) is 0 Å². The lowest BCUT2D eigenvalue weighted by molar-refractivity contribution is 0.112. The molecule has 8 nitrogen and oxygen atoms in total. The molecule has 9 heteroatoms. The number of carbonyl (C=O) groups is 1. The molecule has 3 aliphatic carbocycles. The molecule has 1 aliphatic heterocycles. The third-order valence-corrected chi connectivity index (χ3v) is 8.11. The Morgan fingerprint density at radius 1 is 1.09 bits per heavy atom. The van der Waals surface area contributed by atoms with Crippen LogP contribution in [-0.2, 0) is 6.54 Å². The van der Waals surface area contributed by atoms with E-state index in [1.165, 1.54) is 19.3 Å². The number of piperidine rings is 1. The molecule has 2 N–H and O–H groups in total. The number of anilines is 1. The number of carbonyl (C=O) groups excluding carboxylic acids is 1. The molecule has 32 heavy (non-hydrogen) atoms. The van der Waals surface area contributed by atoms with Crippen molar-refractivity contribution in [1.82, 2.24) is 29.9 Å². The zero-order valence-corrected chi connectivity index (χ0v) is 17.9. The van der Waals surface area contributed by atoms with E-state index < -0.39 is 5.67 Å². The molecule has 1 saturated heterocycles. The van der Waals surface area contributed by atoms with Crippen molar-refractivity contribution >= 4 is 22.6 Å². The molecule has 3 aromatic rings. The van der Waals surface area contributed by atoms with Crippen molar-refractivity contribution in [3.63, 3.8) is 0 Å². The molecule has 0 radical (unpaired) electrons. The van der Waals surface area contributed by atoms with Crippen molar-refractivity contribution in [1.29, 1.82) is 0 Å². The monoisotopic (exact) mass is 435 g/mol. The van der Waals surface area contributed by atoms with Crippen LogP contribution in [0.5, 0.6) is 0 Å². The summed E-state index contributed by atoms with van der Waals surface area (Å²) in [7, 11) is 0. The Morgan fingerprint density at radius 2 is 1.88 bits per heavy atom. The van der Waals surface area contributed by atoms with Crippen molar-refractivity contribution < 1.29 is 9.18 Å². The number of likely N-dealkylation sites (tertiary alicyclic amines) is 1. The van der Waals surface area contributed by atoms with E-state index in [-0.39, 0.29) is 18.1 Å². The highest BCUT2D eigenvalue weighted by molar-refractivity contribution is 5.94. The lowest BCUT2D eigenvalue weighted by atomic mass is 9.89. The number of rotatable bonds is 4. The van der Waals surface area contributed by atoms with Gasteiger partial charge in [0.2, 0.25) is 0 Å². The Bertz CT molecular complexity index is 1230. The fourth-order valence-corrected chi connectivity index (χ4v) is 5.31. The molecule has 0 aromatic carbocycles. The summed E-state index contributed by atoms with van der Waals surface area (Å²) in [6, 6.07) is 1.84. The Balaban J connectivity index is 1.17. The molecule has 2 spiro atoms. The molecule has 3 saturated carbocycles. The van der Waals surface area contributed by atoms with E-state index in [0.717, 1.165) is 36.7 Å². The molecule has 0 bridgehead atoms. The number of H-pyrrole nitrogens is 1. The van der Waals surface area contributed by atoms with Crippen LogP contribution in [0.15, 0.2) is 24.7 Å². The van der Waals surface area contributed by atoms with E-state index in [4.69, 9.17) is 0 Å². The minimum absolute atomic E-state index is 0.0460. The highest BCUT2D eigenvalue weighted by Gasteiger charge is 2.59. The number of hydrogen-bond acceptors (Lipinski definition) is 4. The minimum Gasteiger partial charge on any atom is -0.318 e. The Labute approximate surface area is 184 Å². The van der Waals surface area contributed by atoms with E-state index in [9.17, 15) is 9.18 Å². The number of amides is 2. The molecule has 2 amide bonds. The van der Waals surface area contributed by atoms with Gasteiger partial charge in [0.05, 0.1) is 35.8 Å². The normalized spacial score (nSPS) is 23.6. The molecule has 4 aliphatic rings. The quantitative estimate of drug-likeness (QED) is 0.640. The number of urea groups is 1. The van der Waals surface area contributed by atoms with Gasteiger partial charge in [-0.15, -0.1) is 0 Å². The van der Waals surface area contributed by atoms with E-state index in [0.29, 0.717) is 35.3 Å². The smallest absolute Gasteiger partial charge is 0.318 e. The van der Waals surface area contributed by atoms with Gasteiger partial charge in [-0.05, 0) is 62.8 Å². The molecule has 7 rings (SSSR count). The topological polar surface area (TPSA) is 91.7 Å². The second-order valence-corrected chi connectivity index (χ2v) is 10.5. The number of pyridine rings is 1. The van der Waals surface area contributed by atoms with Crippen molar-refractivity contribution in [2.75, 3.05) is 11.9 Å². The maximum absolute atomic E-state index is 14.3. The summed E-state index contributed by atoms with van der Waals surface area (Å²) < 4.78 is 16.0. The van der Waals surface area contributed by atoms with Crippen LogP contribution >= 0.6 is 0 Å². The van der Waals surface area contributed by atoms with Crippen LogP contribution in [0.4, 0.5) is 14.9 Å². The van der Waals surface area contributed by atoms with Gasteiger partial charge >= 0.3 is 6.03 Å². The van der Waals surface area contributed by atoms with Crippen molar-refractivity contribution in [3.8, 4) is 11.4 Å². The largest absolute Gasteiger partial charge is 0.322 e. The summed E-state index contributed by atoms with van der Waals surface area (Å²) >= 11 is 0. The number of fused-ring (bicyclic) bond motifs is 1. The standard InChI is InChI=1S/C23H26FN7O/c24-22(4-5-22)14-31-18-9-16(25-10-15(18)11-27-31)19-17(12-26-29-19)28-20(32)30-13-21(1-2-21)3-6-23(30)7-8-23/h9-12H,1-8,13-14H2,(H,26,29)(H,28,32). The molecule has 4 heterocycles. The second kappa shape index (κ2) is 6.08. The molecule has 166 valence electrons. The van der Waals surface area contributed by atoms with Crippen LogP contribution < -0.4 is 5.32 Å². The van der Waals surface area contributed by atoms with Gasteiger partial charge in [-0.2, -0.15) is 10.2 Å². The van der Waals surface area contributed by atoms with Gasteiger partial charge in [0.25, 0.3) is 0 Å². The van der Waals surface area contributed by atoms with Crippen LogP contribution in [0.1, 0.15) is 51.4 Å². The average Bonchev–Trinajstić information content (AvgIpc) is 3.74. The SMILES string of the molecule is O=C(Nc1cn[nH]c1-c1cc2c(cn1)cnn2CC1(F)CC1)N1CC2(CC2)CCC12CC2. The Hall–Kier alpha value is -2.97. The van der Waals surface area contributed by atoms with Crippen molar-refractivity contribution in [3.05, 3.63) is 24.7 Å². The van der Waals surface area contributed by atoms with Crippen molar-refractivity contribution in [2.24, 2.45) is 5.41 Å². The first-order valence-electron chi connectivity index (χ1n) is 11.6. The van der Waals surface area contributed by atoms with Gasteiger partial charge in [-0.25, -0.2) is 9.18 Å². The van der Waals surface area contributed by atoms with Gasteiger partial charge in [0.1, 0.15) is 11.4 Å². The first-order chi connectivity index (χ1) is 15.5. The fraction of sp³-hybridized carbons (Fsp3) is 0.565. The molecule has 0 atom stereocenters. The minimum atomic E-state index is -1.14. The summed E-state index contributed by atoms with van der Waals surface area (Å²) in [5.41, 5.74) is 2.03. The van der Waals surface area contributed by atoms with Crippen LogP contribution in [-0.4, -0.2) is 53.6 Å². The predicted octanol–water partition coefficient (Wildman–Crippen LogP) is 4.26. The number of aromatic amines is 1. The lowest BCUT2D eigenvalue weighted by Crippen LogP contribution is -2.51. The summed E-state index contributed by atoms with van der Waals surface area (Å²) in [6.45, 7) is 1.12. The zero-order chi connectivity index (χ0) is 21.6. The first kappa shape index (κ1) is 18.6. The van der Waals surface area contributed by atoms with Gasteiger partial charge in [-0.3, -0.25) is 14.8 Å².